The van der Waals surface area contributed by atoms with Gasteiger partial charge in [-0.15, -0.1) is 19.9 Å². The Kier molecular flexibility index (Phi) is 6.05. The fraction of sp³-hybridized carbons (Fsp3) is 0.0800. The van der Waals surface area contributed by atoms with Crippen LogP contribution < -0.4 is 15.8 Å². The van der Waals surface area contributed by atoms with Crippen molar-refractivity contribution in [3.63, 3.8) is 0 Å². The van der Waals surface area contributed by atoms with Crippen LogP contribution in [0.25, 0.3) is 27.9 Å². The Labute approximate surface area is 209 Å². The quantitative estimate of drug-likeness (QED) is 0.326. The summed E-state index contributed by atoms with van der Waals surface area (Å²) in [7, 11) is 1.72. The minimum absolute atomic E-state index is 0.0400. The summed E-state index contributed by atoms with van der Waals surface area (Å²) in [5.74, 6) is -1.37. The summed E-state index contributed by atoms with van der Waals surface area (Å²) in [6, 6.07) is 10.3. The molecule has 0 saturated carbocycles. The van der Waals surface area contributed by atoms with E-state index < -0.39 is 11.6 Å². The Morgan fingerprint density at radius 1 is 1.16 bits per heavy atom. The van der Waals surface area contributed by atoms with Gasteiger partial charge in [0.15, 0.2) is 17.4 Å². The van der Waals surface area contributed by atoms with Gasteiger partial charge in [0.2, 0.25) is 11.8 Å². The molecule has 0 aliphatic rings. The number of hydrogen-bond donors (Lipinski definition) is 2. The maximum Gasteiger partial charge on any atom is 0.243 e. The molecule has 3 aromatic heterocycles. The van der Waals surface area contributed by atoms with E-state index in [9.17, 15) is 4.79 Å². The summed E-state index contributed by atoms with van der Waals surface area (Å²) in [5, 5.41) is 15.2. The van der Waals surface area contributed by atoms with Crippen LogP contribution in [0.2, 0.25) is 0 Å². The molecule has 0 spiro atoms. The molecule has 186 valence electrons. The number of anilines is 1. The number of nitrogens with one attached hydrogen (secondary N) is 1. The van der Waals surface area contributed by atoms with Crippen molar-refractivity contribution in [2.24, 2.45) is 7.05 Å². The normalized spacial score (nSPS) is 11.0. The first-order chi connectivity index (χ1) is 17.8. The average Bonchev–Trinajstić information content (AvgIpc) is 3.47. The highest BCUT2D eigenvalue weighted by Crippen LogP contribution is 2.39. The number of hydrogen-bond acceptors (Lipinski definition) is 7. The molecule has 0 saturated heterocycles. The molecule has 37 heavy (non-hydrogen) atoms. The molecule has 0 atom stereocenters. The number of amides is 1. The summed E-state index contributed by atoms with van der Waals surface area (Å²) < 4.78 is 38.7. The van der Waals surface area contributed by atoms with E-state index >= 15 is 8.78 Å². The molecule has 0 unspecified atom stereocenters. The largest absolute Gasteiger partial charge is 0.434 e. The van der Waals surface area contributed by atoms with E-state index in [0.29, 0.717) is 16.7 Å². The second-order valence-corrected chi connectivity index (χ2v) is 8.02. The number of carbonyl (C=O) groups is 1. The zero-order chi connectivity index (χ0) is 26.1. The van der Waals surface area contributed by atoms with Gasteiger partial charge in [-0.1, -0.05) is 18.7 Å². The SMILES string of the molecule is C=CC(=O)NCc1ccc(-c2nn3ncnc(N)c3c2-c2ccc(Oc3ccn(C)n3)c(F)c2)c(F)c1. The first kappa shape index (κ1) is 23.6. The zero-order valence-electron chi connectivity index (χ0n) is 19.5. The number of aromatic nitrogens is 6. The average molecular weight is 502 g/mol. The lowest BCUT2D eigenvalue weighted by atomic mass is 9.98. The molecule has 5 rings (SSSR count). The van der Waals surface area contributed by atoms with Crippen LogP contribution in [0.4, 0.5) is 14.6 Å². The number of aryl methyl sites for hydroxylation is 1. The van der Waals surface area contributed by atoms with Gasteiger partial charge in [-0.2, -0.15) is 0 Å². The van der Waals surface area contributed by atoms with Crippen molar-refractivity contribution >= 4 is 17.2 Å². The van der Waals surface area contributed by atoms with E-state index in [-0.39, 0.29) is 46.7 Å². The first-order valence-corrected chi connectivity index (χ1v) is 11.0. The van der Waals surface area contributed by atoms with Crippen molar-refractivity contribution in [3.8, 4) is 34.0 Å². The lowest BCUT2D eigenvalue weighted by molar-refractivity contribution is -0.116. The van der Waals surface area contributed by atoms with Crippen LogP contribution in [0.3, 0.4) is 0 Å². The molecule has 0 bridgehead atoms. The summed E-state index contributed by atoms with van der Waals surface area (Å²) in [4.78, 5) is 15.5. The van der Waals surface area contributed by atoms with Gasteiger partial charge in [0, 0.05) is 37.0 Å². The Balaban J connectivity index is 1.59. The summed E-state index contributed by atoms with van der Waals surface area (Å²) in [6.45, 7) is 3.50. The van der Waals surface area contributed by atoms with Crippen LogP contribution >= 0.6 is 0 Å². The fourth-order valence-electron chi connectivity index (χ4n) is 3.80. The third-order valence-electron chi connectivity index (χ3n) is 5.53. The van der Waals surface area contributed by atoms with Crippen LogP contribution in [0.1, 0.15) is 5.56 Å². The molecule has 2 aromatic carbocycles. The molecule has 0 aliphatic carbocycles. The van der Waals surface area contributed by atoms with Gasteiger partial charge in [0.1, 0.15) is 23.4 Å². The predicted molar refractivity (Wildman–Crippen MR) is 131 cm³/mol. The second-order valence-electron chi connectivity index (χ2n) is 8.02. The molecule has 0 aliphatic heterocycles. The third-order valence-corrected chi connectivity index (χ3v) is 5.53. The number of halogens is 2. The topological polar surface area (TPSA) is 125 Å². The van der Waals surface area contributed by atoms with E-state index in [1.807, 2.05) is 0 Å². The lowest BCUT2D eigenvalue weighted by Gasteiger charge is -2.09. The summed E-state index contributed by atoms with van der Waals surface area (Å²) in [5.41, 5.74) is 7.96. The molecule has 5 aromatic rings. The van der Waals surface area contributed by atoms with Crippen molar-refractivity contribution in [2.75, 3.05) is 5.73 Å². The van der Waals surface area contributed by atoms with Gasteiger partial charge in [-0.05, 0) is 41.5 Å². The second kappa shape index (κ2) is 9.49. The summed E-state index contributed by atoms with van der Waals surface area (Å²) >= 11 is 0. The molecule has 3 N–H and O–H groups in total. The number of nitrogen functional groups attached to an aromatic ring is 1. The van der Waals surface area contributed by atoms with Gasteiger partial charge in [0.05, 0.1) is 0 Å². The third kappa shape index (κ3) is 4.59. The number of rotatable bonds is 7. The molecule has 12 heteroatoms. The minimum atomic E-state index is -0.669. The molecule has 0 radical (unpaired) electrons. The molecule has 3 heterocycles. The zero-order valence-corrected chi connectivity index (χ0v) is 19.5. The van der Waals surface area contributed by atoms with E-state index in [2.05, 4.69) is 32.2 Å². The van der Waals surface area contributed by atoms with Crippen molar-refractivity contribution < 1.29 is 18.3 Å². The number of ether oxygens (including phenoxy) is 1. The highest BCUT2D eigenvalue weighted by atomic mass is 19.1. The van der Waals surface area contributed by atoms with Crippen molar-refractivity contribution in [1.82, 2.24) is 34.9 Å². The van der Waals surface area contributed by atoms with Crippen LogP contribution in [0, 0.1) is 11.6 Å². The maximum absolute atomic E-state index is 15.3. The molecule has 0 fully saturated rings. The number of fused-ring (bicyclic) bond motifs is 1. The van der Waals surface area contributed by atoms with Gasteiger partial charge >= 0.3 is 0 Å². The molecule has 10 nitrogen and oxygen atoms in total. The number of benzene rings is 2. The lowest BCUT2D eigenvalue weighted by Crippen LogP contribution is -2.19. The van der Waals surface area contributed by atoms with Gasteiger partial charge in [-0.25, -0.2) is 13.8 Å². The predicted octanol–water partition coefficient (Wildman–Crippen LogP) is 3.65. The van der Waals surface area contributed by atoms with Crippen molar-refractivity contribution in [3.05, 3.63) is 84.8 Å². The van der Waals surface area contributed by atoms with E-state index in [1.165, 1.54) is 39.9 Å². The minimum Gasteiger partial charge on any atom is -0.434 e. The van der Waals surface area contributed by atoms with Crippen LogP contribution in [-0.4, -0.2) is 35.5 Å². The first-order valence-electron chi connectivity index (χ1n) is 11.0. The highest BCUT2D eigenvalue weighted by Gasteiger charge is 2.23. The Hall–Kier alpha value is -5.13. The Morgan fingerprint density at radius 2 is 2.00 bits per heavy atom. The van der Waals surface area contributed by atoms with Crippen molar-refractivity contribution in [1.29, 1.82) is 0 Å². The standard InChI is InChI=1S/C25H20F2N8O2/c1-3-20(36)29-12-14-4-6-16(17(26)10-14)23-22(24-25(28)30-13-31-35(24)33-23)15-5-7-19(18(27)11-15)37-21-8-9-34(2)32-21/h3-11,13H,1,12H2,2H3,(H,29,36)(H2,28,30,31). The summed E-state index contributed by atoms with van der Waals surface area (Å²) in [6.07, 6.45) is 4.02. The van der Waals surface area contributed by atoms with Crippen molar-refractivity contribution in [2.45, 2.75) is 6.54 Å². The maximum atomic E-state index is 15.3. The van der Waals surface area contributed by atoms with Gasteiger partial charge in [0.25, 0.3) is 0 Å². The smallest absolute Gasteiger partial charge is 0.243 e. The highest BCUT2D eigenvalue weighted by molar-refractivity contribution is 5.96. The number of nitrogens with zero attached hydrogens (tertiary/aromatic N) is 6. The Morgan fingerprint density at radius 3 is 2.70 bits per heavy atom. The molecular weight excluding hydrogens is 482 g/mol. The Bertz CT molecular complexity index is 1660. The van der Waals surface area contributed by atoms with Gasteiger partial charge < -0.3 is 15.8 Å². The van der Waals surface area contributed by atoms with Crippen LogP contribution in [-0.2, 0) is 18.4 Å². The van der Waals surface area contributed by atoms with Gasteiger partial charge in [-0.3, -0.25) is 9.48 Å². The fourth-order valence-corrected chi connectivity index (χ4v) is 3.80. The van der Waals surface area contributed by atoms with E-state index in [1.54, 1.807) is 31.4 Å². The van der Waals surface area contributed by atoms with E-state index in [4.69, 9.17) is 10.5 Å². The monoisotopic (exact) mass is 502 g/mol. The molecular formula is C25H20F2N8O2. The molecule has 1 amide bonds. The number of nitrogens with two attached hydrogens (primary N) is 1. The van der Waals surface area contributed by atoms with E-state index in [0.717, 1.165) is 6.08 Å². The van der Waals surface area contributed by atoms with Crippen LogP contribution in [0.15, 0.2) is 67.6 Å². The van der Waals surface area contributed by atoms with Crippen LogP contribution in [0.5, 0.6) is 11.6 Å². The number of carbonyl (C=O) groups excluding carboxylic acids is 1.